The average Bonchev–Trinajstić information content (AvgIpc) is 3.35. The largest absolute Gasteiger partial charge is 0.459 e. The van der Waals surface area contributed by atoms with Crippen molar-refractivity contribution in [1.29, 1.82) is 0 Å². The van der Waals surface area contributed by atoms with Crippen molar-refractivity contribution in [2.24, 2.45) is 0 Å². The van der Waals surface area contributed by atoms with Gasteiger partial charge in [0, 0.05) is 19.5 Å². The third-order valence-corrected chi connectivity index (χ3v) is 4.18. The summed E-state index contributed by atoms with van der Waals surface area (Å²) in [6, 6.07) is 3.95. The van der Waals surface area contributed by atoms with Crippen molar-refractivity contribution < 1.29 is 13.4 Å². The maximum Gasteiger partial charge on any atom is 0.283 e. The highest BCUT2D eigenvalue weighted by Crippen LogP contribution is 2.18. The number of aryl methyl sites for hydroxylation is 1. The van der Waals surface area contributed by atoms with Crippen LogP contribution in [0.2, 0.25) is 0 Å². The van der Waals surface area contributed by atoms with E-state index in [1.54, 1.807) is 25.3 Å². The lowest BCUT2D eigenvalue weighted by molar-refractivity contribution is 0.175. The standard InChI is InChI=1S/C16H20N6O3/c1-11-18-14(21-25-11)10-22-6-2-4-12(9-22)17-8-15-19-20-16(24-15)13-5-3-7-23-13/h3,5,7,12,17H,2,4,6,8-10H2,1H3/t12-/m1/s1. The van der Waals surface area contributed by atoms with Crippen LogP contribution in [0.15, 0.2) is 31.8 Å². The quantitative estimate of drug-likeness (QED) is 0.716. The maximum absolute atomic E-state index is 5.62. The molecule has 1 fully saturated rings. The number of aromatic nitrogens is 4. The molecule has 132 valence electrons. The molecule has 1 saturated heterocycles. The van der Waals surface area contributed by atoms with Crippen molar-refractivity contribution in [2.75, 3.05) is 13.1 Å². The Morgan fingerprint density at radius 2 is 2.32 bits per heavy atom. The summed E-state index contributed by atoms with van der Waals surface area (Å²) in [4.78, 5) is 6.60. The van der Waals surface area contributed by atoms with Crippen molar-refractivity contribution in [2.45, 2.75) is 38.9 Å². The molecule has 0 aliphatic carbocycles. The number of furan rings is 1. The average molecular weight is 344 g/mol. The minimum atomic E-state index is 0.362. The molecule has 9 heteroatoms. The van der Waals surface area contributed by atoms with Gasteiger partial charge in [0.25, 0.3) is 5.89 Å². The third-order valence-electron chi connectivity index (χ3n) is 4.18. The van der Waals surface area contributed by atoms with Crippen LogP contribution in [-0.4, -0.2) is 44.4 Å². The van der Waals surface area contributed by atoms with Crippen LogP contribution >= 0.6 is 0 Å². The Hall–Kier alpha value is -2.52. The van der Waals surface area contributed by atoms with E-state index in [9.17, 15) is 0 Å². The van der Waals surface area contributed by atoms with Crippen LogP contribution in [0.3, 0.4) is 0 Å². The minimum Gasteiger partial charge on any atom is -0.459 e. The predicted octanol–water partition coefficient (Wildman–Crippen LogP) is 1.78. The Kier molecular flexibility index (Phi) is 4.57. The van der Waals surface area contributed by atoms with Crippen LogP contribution in [0, 0.1) is 6.92 Å². The molecule has 1 atom stereocenters. The predicted molar refractivity (Wildman–Crippen MR) is 86.2 cm³/mol. The van der Waals surface area contributed by atoms with Crippen molar-refractivity contribution in [1.82, 2.24) is 30.6 Å². The number of hydrogen-bond acceptors (Lipinski definition) is 9. The topological polar surface area (TPSA) is 106 Å². The van der Waals surface area contributed by atoms with Crippen LogP contribution in [0.4, 0.5) is 0 Å². The van der Waals surface area contributed by atoms with Gasteiger partial charge >= 0.3 is 0 Å². The Morgan fingerprint density at radius 1 is 1.36 bits per heavy atom. The molecule has 0 amide bonds. The molecule has 1 aliphatic heterocycles. The van der Waals surface area contributed by atoms with E-state index in [0.29, 0.717) is 42.6 Å². The number of hydrogen-bond donors (Lipinski definition) is 1. The highest BCUT2D eigenvalue weighted by atomic mass is 16.5. The fourth-order valence-electron chi connectivity index (χ4n) is 3.03. The van der Waals surface area contributed by atoms with Gasteiger partial charge in [-0.25, -0.2) is 0 Å². The maximum atomic E-state index is 5.62. The molecule has 25 heavy (non-hydrogen) atoms. The van der Waals surface area contributed by atoms with E-state index in [0.717, 1.165) is 31.8 Å². The molecule has 3 aromatic heterocycles. The Balaban J connectivity index is 1.29. The number of likely N-dealkylation sites (tertiary alicyclic amines) is 1. The lowest BCUT2D eigenvalue weighted by atomic mass is 10.1. The highest BCUT2D eigenvalue weighted by Gasteiger charge is 2.21. The number of rotatable bonds is 6. The van der Waals surface area contributed by atoms with Crippen LogP contribution < -0.4 is 5.32 Å². The van der Waals surface area contributed by atoms with Crippen LogP contribution in [0.5, 0.6) is 0 Å². The Bertz CT molecular complexity index is 797. The molecule has 9 nitrogen and oxygen atoms in total. The smallest absolute Gasteiger partial charge is 0.283 e. The van der Waals surface area contributed by atoms with E-state index < -0.39 is 0 Å². The summed E-state index contributed by atoms with van der Waals surface area (Å²) >= 11 is 0. The molecule has 0 radical (unpaired) electrons. The summed E-state index contributed by atoms with van der Waals surface area (Å²) in [5.74, 6) is 2.87. The number of piperidine rings is 1. The summed E-state index contributed by atoms with van der Waals surface area (Å²) in [6.07, 6.45) is 3.82. The van der Waals surface area contributed by atoms with E-state index in [1.807, 2.05) is 0 Å². The Labute approximate surface area is 144 Å². The molecule has 0 spiro atoms. The van der Waals surface area contributed by atoms with Gasteiger partial charge in [-0.2, -0.15) is 4.98 Å². The van der Waals surface area contributed by atoms with E-state index in [1.165, 1.54) is 0 Å². The molecule has 0 saturated carbocycles. The minimum absolute atomic E-state index is 0.362. The third kappa shape index (κ3) is 3.94. The summed E-state index contributed by atoms with van der Waals surface area (Å²) in [5, 5.41) is 15.5. The summed E-state index contributed by atoms with van der Waals surface area (Å²) < 4.78 is 15.9. The lowest BCUT2D eigenvalue weighted by Crippen LogP contribution is -2.45. The van der Waals surface area contributed by atoms with Gasteiger partial charge in [0.05, 0.1) is 19.4 Å². The van der Waals surface area contributed by atoms with Gasteiger partial charge < -0.3 is 18.7 Å². The molecular formula is C16H20N6O3. The van der Waals surface area contributed by atoms with Gasteiger partial charge in [-0.05, 0) is 31.5 Å². The van der Waals surface area contributed by atoms with E-state index in [-0.39, 0.29) is 0 Å². The fourth-order valence-corrected chi connectivity index (χ4v) is 3.03. The molecule has 3 aromatic rings. The van der Waals surface area contributed by atoms with Crippen LogP contribution in [0.1, 0.15) is 30.4 Å². The van der Waals surface area contributed by atoms with Gasteiger partial charge in [-0.15, -0.1) is 10.2 Å². The molecular weight excluding hydrogens is 324 g/mol. The zero-order chi connectivity index (χ0) is 17.1. The second kappa shape index (κ2) is 7.16. The normalized spacial score (nSPS) is 18.7. The lowest BCUT2D eigenvalue weighted by Gasteiger charge is -2.32. The molecule has 0 bridgehead atoms. The van der Waals surface area contributed by atoms with E-state index in [4.69, 9.17) is 13.4 Å². The van der Waals surface area contributed by atoms with Crippen molar-refractivity contribution in [3.8, 4) is 11.7 Å². The van der Waals surface area contributed by atoms with Gasteiger partial charge in [-0.3, -0.25) is 4.90 Å². The molecule has 4 heterocycles. The molecule has 0 unspecified atom stereocenters. The van der Waals surface area contributed by atoms with Gasteiger partial charge in [0.1, 0.15) is 0 Å². The fraction of sp³-hybridized carbons (Fsp3) is 0.500. The zero-order valence-electron chi connectivity index (χ0n) is 14.0. The van der Waals surface area contributed by atoms with Crippen molar-refractivity contribution in [3.05, 3.63) is 36.0 Å². The summed E-state index contributed by atoms with van der Waals surface area (Å²) in [6.45, 7) is 5.01. The second-order valence-electron chi connectivity index (χ2n) is 6.16. The van der Waals surface area contributed by atoms with Gasteiger partial charge in [-0.1, -0.05) is 5.16 Å². The summed E-state index contributed by atoms with van der Waals surface area (Å²) in [5.41, 5.74) is 0. The van der Waals surface area contributed by atoms with Crippen molar-refractivity contribution >= 4 is 0 Å². The number of nitrogens with zero attached hydrogens (tertiary/aromatic N) is 5. The molecule has 1 aliphatic rings. The van der Waals surface area contributed by atoms with Gasteiger partial charge in [0.2, 0.25) is 11.8 Å². The number of nitrogens with one attached hydrogen (secondary N) is 1. The van der Waals surface area contributed by atoms with E-state index >= 15 is 0 Å². The van der Waals surface area contributed by atoms with Crippen LogP contribution in [-0.2, 0) is 13.1 Å². The first-order valence-electron chi connectivity index (χ1n) is 8.37. The molecule has 4 rings (SSSR count). The van der Waals surface area contributed by atoms with Crippen LogP contribution in [0.25, 0.3) is 11.7 Å². The monoisotopic (exact) mass is 344 g/mol. The van der Waals surface area contributed by atoms with Crippen molar-refractivity contribution in [3.63, 3.8) is 0 Å². The zero-order valence-corrected chi connectivity index (χ0v) is 14.0. The Morgan fingerprint density at radius 3 is 3.12 bits per heavy atom. The SMILES string of the molecule is Cc1nc(CN2CCC[C@@H](NCc3nnc(-c4ccco4)o3)C2)no1. The van der Waals surface area contributed by atoms with Gasteiger partial charge in [0.15, 0.2) is 11.6 Å². The second-order valence-corrected chi connectivity index (χ2v) is 6.16. The molecule has 0 aromatic carbocycles. The first-order valence-corrected chi connectivity index (χ1v) is 8.37. The highest BCUT2D eigenvalue weighted by molar-refractivity contribution is 5.42. The first kappa shape index (κ1) is 16.0. The first-order chi connectivity index (χ1) is 12.3. The molecule has 1 N–H and O–H groups in total. The summed E-state index contributed by atoms with van der Waals surface area (Å²) in [7, 11) is 0. The van der Waals surface area contributed by atoms with E-state index in [2.05, 4.69) is 30.6 Å².